The zero-order valence-corrected chi connectivity index (χ0v) is 14.3. The monoisotopic (exact) mass is 346 g/mol. The second-order valence-corrected chi connectivity index (χ2v) is 6.48. The molecule has 0 radical (unpaired) electrons. The largest absolute Gasteiger partial charge is 0.335 e. The number of hydrogen-bond acceptors (Lipinski definition) is 1. The second kappa shape index (κ2) is 6.26. The lowest BCUT2D eigenvalue weighted by Crippen LogP contribution is -2.23. The van der Waals surface area contributed by atoms with E-state index in [0.29, 0.717) is 15.7 Å². The number of aryl methyl sites for hydroxylation is 1. The fraction of sp³-hybridized carbons (Fsp3) is 0.167. The predicted octanol–water partition coefficient (Wildman–Crippen LogP) is 5.46. The molecule has 3 rings (SSSR count). The summed E-state index contributed by atoms with van der Waals surface area (Å²) in [5, 5.41) is 4.96. The number of halogens is 2. The third-order valence-corrected chi connectivity index (χ3v) is 4.24. The molecule has 1 aromatic heterocycles. The molecule has 1 N–H and O–H groups in total. The van der Waals surface area contributed by atoms with Crippen molar-refractivity contribution < 1.29 is 4.79 Å². The maximum Gasteiger partial charge on any atom is 0.247 e. The first-order valence-electron chi connectivity index (χ1n) is 7.28. The zero-order chi connectivity index (χ0) is 16.6. The van der Waals surface area contributed by atoms with Crippen LogP contribution in [0.5, 0.6) is 0 Å². The molecule has 2 aromatic carbocycles. The van der Waals surface area contributed by atoms with Crippen LogP contribution < -0.4 is 5.32 Å². The summed E-state index contributed by atoms with van der Waals surface area (Å²) in [7, 11) is 0. The minimum absolute atomic E-state index is 0.124. The molecule has 0 aliphatic carbocycles. The molecule has 0 aliphatic heterocycles. The van der Waals surface area contributed by atoms with E-state index in [1.165, 1.54) is 5.56 Å². The van der Waals surface area contributed by atoms with Crippen LogP contribution in [0, 0.1) is 6.92 Å². The van der Waals surface area contributed by atoms with E-state index >= 15 is 0 Å². The molecule has 1 amide bonds. The lowest BCUT2D eigenvalue weighted by atomic mass is 10.2. The van der Waals surface area contributed by atoms with Gasteiger partial charge in [-0.3, -0.25) is 4.79 Å². The molecule has 0 bridgehead atoms. The predicted molar refractivity (Wildman–Crippen MR) is 96.5 cm³/mol. The maximum absolute atomic E-state index is 12.5. The summed E-state index contributed by atoms with van der Waals surface area (Å²) in [6.07, 6.45) is 1.93. The lowest BCUT2D eigenvalue weighted by molar-refractivity contribution is -0.118. The Morgan fingerprint density at radius 3 is 2.48 bits per heavy atom. The lowest BCUT2D eigenvalue weighted by Gasteiger charge is -2.16. The minimum Gasteiger partial charge on any atom is -0.335 e. The number of aromatic nitrogens is 1. The summed E-state index contributed by atoms with van der Waals surface area (Å²) in [6, 6.07) is 12.8. The summed E-state index contributed by atoms with van der Waals surface area (Å²) in [6.45, 7) is 3.91. The van der Waals surface area contributed by atoms with Gasteiger partial charge in [-0.2, -0.15) is 0 Å². The van der Waals surface area contributed by atoms with Crippen molar-refractivity contribution in [3.05, 3.63) is 64.3 Å². The molecule has 118 valence electrons. The van der Waals surface area contributed by atoms with Crippen molar-refractivity contribution in [2.24, 2.45) is 0 Å². The SMILES string of the molecule is Cc1ccc2c(ccn2C(C)C(=O)Nc2cc(Cl)cc(Cl)c2)c1. The van der Waals surface area contributed by atoms with Gasteiger partial charge in [0, 0.05) is 27.4 Å². The van der Waals surface area contributed by atoms with Gasteiger partial charge in [0.1, 0.15) is 6.04 Å². The average molecular weight is 347 g/mol. The number of amides is 1. The number of benzene rings is 2. The first-order chi connectivity index (χ1) is 10.9. The normalized spacial score (nSPS) is 12.3. The number of carbonyl (C=O) groups is 1. The Hall–Kier alpha value is -1.97. The standard InChI is InChI=1S/C18H16Cl2N2O/c1-11-3-4-17-13(7-11)5-6-22(17)12(2)18(23)21-16-9-14(19)8-15(20)10-16/h3-10,12H,1-2H3,(H,21,23). The van der Waals surface area contributed by atoms with Gasteiger partial charge in [-0.15, -0.1) is 0 Å². The minimum atomic E-state index is -0.354. The molecular formula is C18H16Cl2N2O. The van der Waals surface area contributed by atoms with E-state index in [9.17, 15) is 4.79 Å². The van der Waals surface area contributed by atoms with Crippen molar-refractivity contribution in [1.29, 1.82) is 0 Å². The van der Waals surface area contributed by atoms with E-state index in [0.717, 1.165) is 10.9 Å². The molecule has 0 saturated heterocycles. The molecule has 0 saturated carbocycles. The number of nitrogens with one attached hydrogen (secondary N) is 1. The van der Waals surface area contributed by atoms with E-state index in [4.69, 9.17) is 23.2 Å². The summed E-state index contributed by atoms with van der Waals surface area (Å²) >= 11 is 11.9. The Bertz CT molecular complexity index is 866. The van der Waals surface area contributed by atoms with Crippen LogP contribution in [0.2, 0.25) is 10.0 Å². The fourth-order valence-corrected chi connectivity index (χ4v) is 3.15. The van der Waals surface area contributed by atoms with Crippen LogP contribution in [0.4, 0.5) is 5.69 Å². The second-order valence-electron chi connectivity index (χ2n) is 5.61. The molecule has 5 heteroatoms. The van der Waals surface area contributed by atoms with Gasteiger partial charge in [0.05, 0.1) is 0 Å². The van der Waals surface area contributed by atoms with Crippen molar-refractivity contribution in [3.8, 4) is 0 Å². The Morgan fingerprint density at radius 2 is 1.78 bits per heavy atom. The third-order valence-electron chi connectivity index (χ3n) is 3.80. The highest BCUT2D eigenvalue weighted by molar-refractivity contribution is 6.35. The maximum atomic E-state index is 12.5. The van der Waals surface area contributed by atoms with Gasteiger partial charge in [-0.05, 0) is 55.6 Å². The van der Waals surface area contributed by atoms with Crippen LogP contribution in [-0.4, -0.2) is 10.5 Å². The van der Waals surface area contributed by atoms with Gasteiger partial charge in [-0.1, -0.05) is 34.8 Å². The van der Waals surface area contributed by atoms with Gasteiger partial charge in [0.2, 0.25) is 5.91 Å². The first-order valence-corrected chi connectivity index (χ1v) is 8.04. The number of hydrogen-bond donors (Lipinski definition) is 1. The Labute approximate surface area is 144 Å². The number of anilines is 1. The van der Waals surface area contributed by atoms with Crippen molar-refractivity contribution in [1.82, 2.24) is 4.57 Å². The van der Waals surface area contributed by atoms with E-state index in [2.05, 4.69) is 18.3 Å². The van der Waals surface area contributed by atoms with Crippen LogP contribution >= 0.6 is 23.2 Å². The molecule has 0 aliphatic rings. The third kappa shape index (κ3) is 3.36. The smallest absolute Gasteiger partial charge is 0.247 e. The van der Waals surface area contributed by atoms with Crippen molar-refractivity contribution >= 4 is 45.7 Å². The average Bonchev–Trinajstić information content (AvgIpc) is 2.88. The highest BCUT2D eigenvalue weighted by Crippen LogP contribution is 2.25. The van der Waals surface area contributed by atoms with E-state index < -0.39 is 0 Å². The molecule has 0 fully saturated rings. The summed E-state index contributed by atoms with van der Waals surface area (Å²) in [4.78, 5) is 12.5. The quantitative estimate of drug-likeness (QED) is 0.671. The van der Waals surface area contributed by atoms with Crippen molar-refractivity contribution in [2.45, 2.75) is 19.9 Å². The first kappa shape index (κ1) is 15.9. The van der Waals surface area contributed by atoms with Crippen LogP contribution in [0.25, 0.3) is 10.9 Å². The van der Waals surface area contributed by atoms with Gasteiger partial charge < -0.3 is 9.88 Å². The number of fused-ring (bicyclic) bond motifs is 1. The van der Waals surface area contributed by atoms with Gasteiger partial charge >= 0.3 is 0 Å². The molecule has 1 heterocycles. The van der Waals surface area contributed by atoms with Gasteiger partial charge in [0.25, 0.3) is 0 Å². The van der Waals surface area contributed by atoms with E-state index in [-0.39, 0.29) is 11.9 Å². The number of nitrogens with zero attached hydrogens (tertiary/aromatic N) is 1. The Kier molecular flexibility index (Phi) is 4.33. The fourth-order valence-electron chi connectivity index (χ4n) is 2.62. The summed E-state index contributed by atoms with van der Waals surface area (Å²) in [5.74, 6) is -0.124. The zero-order valence-electron chi connectivity index (χ0n) is 12.8. The highest BCUT2D eigenvalue weighted by atomic mass is 35.5. The molecule has 3 aromatic rings. The number of carbonyl (C=O) groups excluding carboxylic acids is 1. The highest BCUT2D eigenvalue weighted by Gasteiger charge is 2.17. The Balaban J connectivity index is 1.86. The van der Waals surface area contributed by atoms with Crippen molar-refractivity contribution in [3.63, 3.8) is 0 Å². The van der Waals surface area contributed by atoms with Crippen LogP contribution in [0.15, 0.2) is 48.7 Å². The van der Waals surface area contributed by atoms with E-state index in [1.807, 2.05) is 35.9 Å². The van der Waals surface area contributed by atoms with E-state index in [1.54, 1.807) is 18.2 Å². The summed E-state index contributed by atoms with van der Waals surface area (Å²) < 4.78 is 1.95. The van der Waals surface area contributed by atoms with Crippen LogP contribution in [-0.2, 0) is 4.79 Å². The van der Waals surface area contributed by atoms with Crippen LogP contribution in [0.1, 0.15) is 18.5 Å². The van der Waals surface area contributed by atoms with Crippen molar-refractivity contribution in [2.75, 3.05) is 5.32 Å². The molecule has 1 atom stereocenters. The molecular weight excluding hydrogens is 331 g/mol. The van der Waals surface area contributed by atoms with Gasteiger partial charge in [-0.25, -0.2) is 0 Å². The number of rotatable bonds is 3. The molecule has 3 nitrogen and oxygen atoms in total. The molecule has 0 spiro atoms. The molecule has 23 heavy (non-hydrogen) atoms. The Morgan fingerprint density at radius 1 is 1.09 bits per heavy atom. The summed E-state index contributed by atoms with van der Waals surface area (Å²) in [5.41, 5.74) is 2.81. The van der Waals surface area contributed by atoms with Gasteiger partial charge in [0.15, 0.2) is 0 Å². The molecule has 1 unspecified atom stereocenters. The van der Waals surface area contributed by atoms with Crippen LogP contribution in [0.3, 0.4) is 0 Å². The topological polar surface area (TPSA) is 34.0 Å².